The average molecular weight is 570 g/mol. The first-order valence-corrected chi connectivity index (χ1v) is 14.7. The van der Waals surface area contributed by atoms with Crippen molar-refractivity contribution in [3.63, 3.8) is 0 Å². The molecule has 0 saturated heterocycles. The van der Waals surface area contributed by atoms with E-state index in [1.165, 1.54) is 17.0 Å². The number of rotatable bonds is 11. The van der Waals surface area contributed by atoms with Crippen LogP contribution in [0.5, 0.6) is 0 Å². The molecule has 0 spiro atoms. The fourth-order valence-corrected chi connectivity index (χ4v) is 5.84. The zero-order valence-electron chi connectivity index (χ0n) is 23.1. The minimum Gasteiger partial charge on any atom is -0.354 e. The molecular weight excluding hydrogens is 534 g/mol. The number of aryl methyl sites for hydroxylation is 2. The highest BCUT2D eigenvalue weighted by molar-refractivity contribution is 7.92. The van der Waals surface area contributed by atoms with Crippen molar-refractivity contribution in [1.29, 1.82) is 0 Å². The molecule has 1 N–H and O–H groups in total. The van der Waals surface area contributed by atoms with Gasteiger partial charge in [0.15, 0.2) is 0 Å². The highest BCUT2D eigenvalue weighted by Crippen LogP contribution is 2.31. The first-order valence-electron chi connectivity index (χ1n) is 12.9. The van der Waals surface area contributed by atoms with E-state index in [0.29, 0.717) is 22.8 Å². The fourth-order valence-electron chi connectivity index (χ4n) is 4.20. The second-order valence-electron chi connectivity index (χ2n) is 9.69. The van der Waals surface area contributed by atoms with E-state index in [-0.39, 0.29) is 17.3 Å². The summed E-state index contributed by atoms with van der Waals surface area (Å²) in [4.78, 5) is 28.4. The molecule has 3 aromatic carbocycles. The summed E-state index contributed by atoms with van der Waals surface area (Å²) in [7, 11) is -4.15. The van der Waals surface area contributed by atoms with E-state index in [2.05, 4.69) is 5.32 Å². The molecule has 9 heteroatoms. The number of hydrogen-bond acceptors (Lipinski definition) is 4. The number of halogens is 1. The van der Waals surface area contributed by atoms with Gasteiger partial charge in [-0.3, -0.25) is 13.9 Å². The van der Waals surface area contributed by atoms with Gasteiger partial charge in [-0.15, -0.1) is 0 Å². The third kappa shape index (κ3) is 7.40. The van der Waals surface area contributed by atoms with Crippen LogP contribution in [0.3, 0.4) is 0 Å². The van der Waals surface area contributed by atoms with Crippen LogP contribution in [0, 0.1) is 20.8 Å². The quantitative estimate of drug-likeness (QED) is 0.335. The van der Waals surface area contributed by atoms with Crippen LogP contribution in [-0.4, -0.2) is 44.3 Å². The second-order valence-corrected chi connectivity index (χ2v) is 12.0. The van der Waals surface area contributed by atoms with Crippen molar-refractivity contribution in [2.24, 2.45) is 0 Å². The lowest BCUT2D eigenvalue weighted by atomic mass is 10.1. The summed E-state index contributed by atoms with van der Waals surface area (Å²) in [6, 6.07) is 18.2. The number of sulfonamides is 1. The zero-order valence-corrected chi connectivity index (χ0v) is 24.6. The number of nitrogens with zero attached hydrogens (tertiary/aromatic N) is 2. The van der Waals surface area contributed by atoms with Gasteiger partial charge in [0.2, 0.25) is 11.8 Å². The highest BCUT2D eigenvalue weighted by Gasteiger charge is 2.33. The van der Waals surface area contributed by atoms with Crippen LogP contribution in [0.2, 0.25) is 5.02 Å². The Labute approximate surface area is 236 Å². The number of carbonyl (C=O) groups is 2. The number of anilines is 1. The topological polar surface area (TPSA) is 86.8 Å². The molecule has 0 aliphatic carbocycles. The Morgan fingerprint density at radius 1 is 0.949 bits per heavy atom. The Bertz CT molecular complexity index is 1420. The molecule has 1 atom stereocenters. The largest absolute Gasteiger partial charge is 0.354 e. The SMILES string of the molecule is CCCNC(=O)C(C)N(Cc1cccc(C)c1)C(=O)CN(c1cccc(Cl)c1C)S(=O)(=O)c1ccc(C)cc1. The molecule has 3 rings (SSSR count). The smallest absolute Gasteiger partial charge is 0.264 e. The molecule has 7 nitrogen and oxygen atoms in total. The Kier molecular flexibility index (Phi) is 10.2. The van der Waals surface area contributed by atoms with Crippen molar-refractivity contribution in [3.05, 3.63) is 94.0 Å². The van der Waals surface area contributed by atoms with Crippen LogP contribution in [0.4, 0.5) is 5.69 Å². The van der Waals surface area contributed by atoms with Gasteiger partial charge in [0.25, 0.3) is 10.0 Å². The minimum absolute atomic E-state index is 0.0549. The molecule has 0 radical (unpaired) electrons. The maximum Gasteiger partial charge on any atom is 0.264 e. The molecule has 0 aliphatic heterocycles. The monoisotopic (exact) mass is 569 g/mol. The van der Waals surface area contributed by atoms with Gasteiger partial charge in [-0.25, -0.2) is 8.42 Å². The molecule has 1 unspecified atom stereocenters. The summed E-state index contributed by atoms with van der Waals surface area (Å²) in [5.41, 5.74) is 3.59. The Balaban J connectivity index is 2.06. The van der Waals surface area contributed by atoms with Crippen molar-refractivity contribution in [2.45, 2.75) is 58.5 Å². The molecule has 0 heterocycles. The molecule has 0 aliphatic rings. The van der Waals surface area contributed by atoms with Crippen molar-refractivity contribution < 1.29 is 18.0 Å². The van der Waals surface area contributed by atoms with Gasteiger partial charge in [-0.1, -0.05) is 72.1 Å². The average Bonchev–Trinajstić information content (AvgIpc) is 2.90. The molecular formula is C30H36ClN3O4S. The summed E-state index contributed by atoms with van der Waals surface area (Å²) in [5, 5.41) is 3.23. The van der Waals surface area contributed by atoms with Gasteiger partial charge in [-0.05, 0) is 69.5 Å². The molecule has 3 aromatic rings. The van der Waals surface area contributed by atoms with E-state index in [1.54, 1.807) is 44.2 Å². The molecule has 2 amide bonds. The third-order valence-corrected chi connectivity index (χ3v) is 8.73. The first-order chi connectivity index (χ1) is 18.4. The molecule has 0 bridgehead atoms. The molecule has 0 aromatic heterocycles. The van der Waals surface area contributed by atoms with E-state index in [4.69, 9.17) is 11.6 Å². The summed E-state index contributed by atoms with van der Waals surface area (Å²) in [6.45, 7) is 9.25. The van der Waals surface area contributed by atoms with Gasteiger partial charge in [0.05, 0.1) is 10.6 Å². The van der Waals surface area contributed by atoms with Gasteiger partial charge < -0.3 is 10.2 Å². The van der Waals surface area contributed by atoms with Crippen molar-refractivity contribution >= 4 is 39.1 Å². The normalized spacial score (nSPS) is 12.1. The number of nitrogens with one attached hydrogen (secondary N) is 1. The lowest BCUT2D eigenvalue weighted by Crippen LogP contribution is -2.51. The van der Waals surface area contributed by atoms with E-state index in [0.717, 1.165) is 27.4 Å². The predicted octanol–water partition coefficient (Wildman–Crippen LogP) is 5.40. The number of carbonyl (C=O) groups excluding carboxylic acids is 2. The fraction of sp³-hybridized carbons (Fsp3) is 0.333. The van der Waals surface area contributed by atoms with Crippen LogP contribution in [0.25, 0.3) is 0 Å². The second kappa shape index (κ2) is 13.1. The van der Waals surface area contributed by atoms with Crippen LogP contribution in [0.1, 0.15) is 42.5 Å². The van der Waals surface area contributed by atoms with E-state index in [1.807, 2.05) is 45.0 Å². The van der Waals surface area contributed by atoms with Crippen molar-refractivity contribution in [2.75, 3.05) is 17.4 Å². The Morgan fingerprint density at radius 2 is 1.62 bits per heavy atom. The van der Waals surface area contributed by atoms with Gasteiger partial charge in [0.1, 0.15) is 12.6 Å². The van der Waals surface area contributed by atoms with E-state index < -0.39 is 28.5 Å². The van der Waals surface area contributed by atoms with E-state index in [9.17, 15) is 18.0 Å². The predicted molar refractivity (Wildman–Crippen MR) is 156 cm³/mol. The number of amides is 2. The van der Waals surface area contributed by atoms with Gasteiger partial charge >= 0.3 is 0 Å². The maximum atomic E-state index is 14.0. The van der Waals surface area contributed by atoms with Crippen LogP contribution in [-0.2, 0) is 26.2 Å². The summed E-state index contributed by atoms with van der Waals surface area (Å²) >= 11 is 6.37. The number of benzene rings is 3. The molecule has 208 valence electrons. The Hall–Kier alpha value is -3.36. The van der Waals surface area contributed by atoms with Crippen LogP contribution >= 0.6 is 11.6 Å². The number of hydrogen-bond donors (Lipinski definition) is 1. The lowest BCUT2D eigenvalue weighted by molar-refractivity contribution is -0.139. The Morgan fingerprint density at radius 3 is 2.26 bits per heavy atom. The molecule has 39 heavy (non-hydrogen) atoms. The summed E-state index contributed by atoms with van der Waals surface area (Å²) < 4.78 is 29.0. The summed E-state index contributed by atoms with van der Waals surface area (Å²) in [5.74, 6) is -0.810. The van der Waals surface area contributed by atoms with Crippen LogP contribution < -0.4 is 9.62 Å². The zero-order chi connectivity index (χ0) is 28.7. The maximum absolute atomic E-state index is 14.0. The van der Waals surface area contributed by atoms with Gasteiger partial charge in [0, 0.05) is 18.1 Å². The molecule has 0 fully saturated rings. The van der Waals surface area contributed by atoms with Crippen molar-refractivity contribution in [1.82, 2.24) is 10.2 Å². The highest BCUT2D eigenvalue weighted by atomic mass is 35.5. The van der Waals surface area contributed by atoms with Crippen molar-refractivity contribution in [3.8, 4) is 0 Å². The summed E-state index contributed by atoms with van der Waals surface area (Å²) in [6.07, 6.45) is 0.751. The lowest BCUT2D eigenvalue weighted by Gasteiger charge is -2.32. The molecule has 0 saturated carbocycles. The van der Waals surface area contributed by atoms with Crippen LogP contribution in [0.15, 0.2) is 71.6 Å². The minimum atomic E-state index is -4.15. The standard InChI is InChI=1S/C30H36ClN3O4S/c1-6-17-32-30(36)24(5)33(19-25-10-7-9-22(3)18-25)29(35)20-34(28-12-8-11-27(31)23(28)4)39(37,38)26-15-13-21(2)14-16-26/h7-16,18,24H,6,17,19-20H2,1-5H3,(H,32,36). The third-order valence-electron chi connectivity index (χ3n) is 6.55. The van der Waals surface area contributed by atoms with E-state index >= 15 is 0 Å². The first kappa shape index (κ1) is 30.2. The van der Waals surface area contributed by atoms with Gasteiger partial charge in [-0.2, -0.15) is 0 Å².